The van der Waals surface area contributed by atoms with Crippen LogP contribution < -0.4 is 15.0 Å². The number of amides is 1. The van der Waals surface area contributed by atoms with Crippen molar-refractivity contribution >= 4 is 33.7 Å². The van der Waals surface area contributed by atoms with Gasteiger partial charge in [-0.25, -0.2) is 14.0 Å². The molecule has 1 atom stereocenters. The summed E-state index contributed by atoms with van der Waals surface area (Å²) in [4.78, 5) is 26.0. The van der Waals surface area contributed by atoms with Crippen molar-refractivity contribution in [2.75, 3.05) is 24.6 Å². The summed E-state index contributed by atoms with van der Waals surface area (Å²) in [6.45, 7) is 5.08. The summed E-state index contributed by atoms with van der Waals surface area (Å²) < 4.78 is 25.6. The lowest BCUT2D eigenvalue weighted by atomic mass is 9.99. The van der Waals surface area contributed by atoms with Crippen LogP contribution in [0.2, 0.25) is 0 Å². The monoisotopic (exact) mass is 474 g/mol. The number of hydrogen-bond acceptors (Lipinski definition) is 6. The predicted molar refractivity (Wildman–Crippen MR) is 106 cm³/mol. The average molecular weight is 475 g/mol. The number of hydrogen-bond donors (Lipinski definition) is 3. The van der Waals surface area contributed by atoms with Crippen molar-refractivity contribution in [1.82, 2.24) is 5.32 Å². The van der Waals surface area contributed by atoms with Gasteiger partial charge in [-0.3, -0.25) is 0 Å². The van der Waals surface area contributed by atoms with Crippen LogP contribution in [0.25, 0.3) is 0 Å². The molecule has 160 valence electrons. The molecule has 0 saturated carbocycles. The number of ether oxygens (including phenoxy) is 2. The van der Waals surface area contributed by atoms with Crippen LogP contribution in [0.15, 0.2) is 4.47 Å². The number of carboxylic acids is 1. The normalized spacial score (nSPS) is 21.0. The Bertz CT molecular complexity index is 853. The molecule has 2 heterocycles. The number of nitrogens with one attached hydrogen (secondary N) is 1. The van der Waals surface area contributed by atoms with Gasteiger partial charge in [0.1, 0.15) is 17.2 Å². The molecule has 1 fully saturated rings. The second-order valence-corrected chi connectivity index (χ2v) is 9.00. The molecular formula is C19H24BrFN2O6. The van der Waals surface area contributed by atoms with Crippen LogP contribution in [0.4, 0.5) is 14.9 Å². The zero-order chi connectivity index (χ0) is 21.6. The molecule has 2 aliphatic rings. The summed E-state index contributed by atoms with van der Waals surface area (Å²) in [7, 11) is 0. The number of benzene rings is 1. The zero-order valence-electron chi connectivity index (χ0n) is 16.5. The Kier molecular flexibility index (Phi) is 5.70. The van der Waals surface area contributed by atoms with Crippen LogP contribution in [0, 0.1) is 5.82 Å². The zero-order valence-corrected chi connectivity index (χ0v) is 18.1. The summed E-state index contributed by atoms with van der Waals surface area (Å²) in [5, 5.41) is 22.2. The molecule has 0 radical (unpaired) electrons. The number of carboxylic acid groups (broad SMARTS) is 1. The molecule has 1 aromatic carbocycles. The number of carbonyl (C=O) groups is 2. The maximum atomic E-state index is 14.6. The molecule has 29 heavy (non-hydrogen) atoms. The summed E-state index contributed by atoms with van der Waals surface area (Å²) >= 11 is 3.20. The number of rotatable bonds is 4. The van der Waals surface area contributed by atoms with Gasteiger partial charge in [0.15, 0.2) is 5.54 Å². The van der Waals surface area contributed by atoms with Crippen LogP contribution in [0.3, 0.4) is 0 Å². The molecule has 0 spiro atoms. The highest BCUT2D eigenvalue weighted by atomic mass is 79.9. The molecule has 1 saturated heterocycles. The van der Waals surface area contributed by atoms with E-state index < -0.39 is 35.6 Å². The van der Waals surface area contributed by atoms with E-state index in [-0.39, 0.29) is 29.5 Å². The fourth-order valence-electron chi connectivity index (χ4n) is 3.69. The van der Waals surface area contributed by atoms with E-state index in [1.54, 1.807) is 25.7 Å². The minimum absolute atomic E-state index is 0.0809. The molecule has 2 aliphatic heterocycles. The number of fused-ring (bicyclic) bond motifs is 1. The fourth-order valence-corrected chi connectivity index (χ4v) is 4.24. The van der Waals surface area contributed by atoms with Crippen molar-refractivity contribution in [3.63, 3.8) is 0 Å². The third-order valence-corrected chi connectivity index (χ3v) is 5.82. The first-order valence-electron chi connectivity index (χ1n) is 9.25. The standard InChI is InChI=1S/C19H24BrFN2O6/c1-18(2,3)29-17(27)22-19(16(25)26)5-6-23(9-19)14-11(8-24)12(20)13(21)10-4-7-28-15(10)14/h24H,4-9H2,1-3H3,(H,22,27)(H,25,26). The topological polar surface area (TPSA) is 108 Å². The lowest BCUT2D eigenvalue weighted by molar-refractivity contribution is -0.143. The van der Waals surface area contributed by atoms with Crippen molar-refractivity contribution < 1.29 is 33.7 Å². The molecule has 8 nitrogen and oxygen atoms in total. The van der Waals surface area contributed by atoms with Gasteiger partial charge in [0.05, 0.1) is 29.9 Å². The quantitative estimate of drug-likeness (QED) is 0.615. The number of nitrogens with zero attached hydrogens (tertiary/aromatic N) is 1. The van der Waals surface area contributed by atoms with E-state index in [0.717, 1.165) is 0 Å². The van der Waals surface area contributed by atoms with Crippen LogP contribution in [0.1, 0.15) is 38.3 Å². The number of carbonyl (C=O) groups excluding carboxylic acids is 1. The van der Waals surface area contributed by atoms with E-state index >= 15 is 0 Å². The van der Waals surface area contributed by atoms with Crippen LogP contribution in [-0.4, -0.2) is 53.1 Å². The number of aliphatic hydroxyl groups excluding tert-OH is 1. The second kappa shape index (κ2) is 7.64. The van der Waals surface area contributed by atoms with Crippen LogP contribution >= 0.6 is 15.9 Å². The van der Waals surface area contributed by atoms with E-state index in [2.05, 4.69) is 21.2 Å². The molecule has 1 aromatic rings. The molecule has 3 rings (SSSR count). The van der Waals surface area contributed by atoms with Gasteiger partial charge in [0.2, 0.25) is 0 Å². The highest BCUT2D eigenvalue weighted by Crippen LogP contribution is 2.46. The summed E-state index contributed by atoms with van der Waals surface area (Å²) in [6.07, 6.45) is -0.339. The molecule has 0 aromatic heterocycles. The summed E-state index contributed by atoms with van der Waals surface area (Å²) in [6, 6.07) is 0. The number of anilines is 1. The molecule has 3 N–H and O–H groups in total. The lowest BCUT2D eigenvalue weighted by Crippen LogP contribution is -2.57. The van der Waals surface area contributed by atoms with Gasteiger partial charge in [-0.15, -0.1) is 0 Å². The van der Waals surface area contributed by atoms with Gasteiger partial charge in [-0.1, -0.05) is 0 Å². The van der Waals surface area contributed by atoms with Crippen molar-refractivity contribution in [2.45, 2.75) is 51.4 Å². The Morgan fingerprint density at radius 1 is 1.41 bits per heavy atom. The van der Waals surface area contributed by atoms with E-state index in [9.17, 15) is 24.2 Å². The second-order valence-electron chi connectivity index (χ2n) is 8.21. The van der Waals surface area contributed by atoms with Gasteiger partial charge in [0.25, 0.3) is 0 Å². The maximum absolute atomic E-state index is 14.6. The van der Waals surface area contributed by atoms with E-state index in [1.807, 2.05) is 0 Å². The fraction of sp³-hybridized carbons (Fsp3) is 0.579. The van der Waals surface area contributed by atoms with Crippen molar-refractivity contribution in [2.24, 2.45) is 0 Å². The van der Waals surface area contributed by atoms with Crippen molar-refractivity contribution in [3.8, 4) is 5.75 Å². The molecule has 10 heteroatoms. The third kappa shape index (κ3) is 4.00. The highest BCUT2D eigenvalue weighted by molar-refractivity contribution is 9.10. The van der Waals surface area contributed by atoms with E-state index in [4.69, 9.17) is 9.47 Å². The first kappa shape index (κ1) is 21.6. The Balaban J connectivity index is 1.95. The molecule has 1 unspecified atom stereocenters. The van der Waals surface area contributed by atoms with Crippen LogP contribution in [0.5, 0.6) is 5.75 Å². The molecule has 0 bridgehead atoms. The molecular weight excluding hydrogens is 451 g/mol. The maximum Gasteiger partial charge on any atom is 0.408 e. The van der Waals surface area contributed by atoms with E-state index in [1.165, 1.54) is 0 Å². The Morgan fingerprint density at radius 2 is 2.10 bits per heavy atom. The SMILES string of the molecule is CC(C)(C)OC(=O)NC1(C(=O)O)CCN(c2c(CO)c(Br)c(F)c3c2OCC3)C1. The molecule has 1 amide bonds. The predicted octanol–water partition coefficient (Wildman–Crippen LogP) is 2.57. The summed E-state index contributed by atoms with van der Waals surface area (Å²) in [5.74, 6) is -1.37. The van der Waals surface area contributed by atoms with Crippen LogP contribution in [-0.2, 0) is 22.6 Å². The Labute approximate surface area is 176 Å². The number of halogens is 2. The number of aliphatic hydroxyl groups is 1. The highest BCUT2D eigenvalue weighted by Gasteiger charge is 2.48. The minimum Gasteiger partial charge on any atom is -0.491 e. The third-order valence-electron chi connectivity index (χ3n) is 4.99. The molecule has 0 aliphatic carbocycles. The van der Waals surface area contributed by atoms with Gasteiger partial charge in [-0.2, -0.15) is 0 Å². The minimum atomic E-state index is -1.58. The lowest BCUT2D eigenvalue weighted by Gasteiger charge is -2.30. The Hall–Kier alpha value is -2.07. The van der Waals surface area contributed by atoms with Crippen molar-refractivity contribution in [1.29, 1.82) is 0 Å². The van der Waals surface area contributed by atoms with Crippen molar-refractivity contribution in [3.05, 3.63) is 21.4 Å². The average Bonchev–Trinajstić information content (AvgIpc) is 3.24. The summed E-state index contributed by atoms with van der Waals surface area (Å²) in [5.41, 5.74) is -1.25. The van der Waals surface area contributed by atoms with E-state index in [0.29, 0.717) is 30.0 Å². The number of aliphatic carboxylic acids is 1. The smallest absolute Gasteiger partial charge is 0.408 e. The number of alkyl carbamates (subject to hydrolysis) is 1. The largest absolute Gasteiger partial charge is 0.491 e. The van der Waals surface area contributed by atoms with Gasteiger partial charge in [0, 0.05) is 30.5 Å². The first-order chi connectivity index (χ1) is 13.5. The van der Waals surface area contributed by atoms with Gasteiger partial charge in [-0.05, 0) is 36.7 Å². The van der Waals surface area contributed by atoms with Gasteiger partial charge < -0.3 is 29.9 Å². The Morgan fingerprint density at radius 3 is 2.69 bits per heavy atom. The van der Waals surface area contributed by atoms with Gasteiger partial charge >= 0.3 is 12.1 Å². The first-order valence-corrected chi connectivity index (χ1v) is 10.0.